The molecule has 96 valence electrons. The van der Waals surface area contributed by atoms with E-state index in [1.165, 1.54) is 11.0 Å². The number of nitrogens with zero attached hydrogens (tertiary/aromatic N) is 3. The van der Waals surface area contributed by atoms with Crippen LogP contribution < -0.4 is 4.90 Å². The van der Waals surface area contributed by atoms with Crippen LogP contribution in [0.3, 0.4) is 0 Å². The lowest BCUT2D eigenvalue weighted by Gasteiger charge is -2.15. The van der Waals surface area contributed by atoms with Gasteiger partial charge in [-0.15, -0.1) is 11.6 Å². The molecule has 0 saturated carbocycles. The van der Waals surface area contributed by atoms with Gasteiger partial charge in [0.25, 0.3) is 0 Å². The quantitative estimate of drug-likeness (QED) is 0.477. The molecular weight excluding hydrogens is 258 g/mol. The molecule has 0 aliphatic carbocycles. The van der Waals surface area contributed by atoms with Crippen molar-refractivity contribution in [3.63, 3.8) is 0 Å². The van der Waals surface area contributed by atoms with Crippen LogP contribution in [0, 0.1) is 23.0 Å². The third-order valence-electron chi connectivity index (χ3n) is 2.87. The van der Waals surface area contributed by atoms with E-state index in [0.29, 0.717) is 24.5 Å². The van der Waals surface area contributed by atoms with Gasteiger partial charge in [0.15, 0.2) is 0 Å². The van der Waals surface area contributed by atoms with Crippen molar-refractivity contribution in [1.29, 1.82) is 0 Å². The normalized spacial score (nSPS) is 19.3. The molecule has 1 aliphatic rings. The van der Waals surface area contributed by atoms with E-state index < -0.39 is 4.92 Å². The lowest BCUT2D eigenvalue weighted by atomic mass is 10.1. The number of aromatic nitrogens is 1. The summed E-state index contributed by atoms with van der Waals surface area (Å²) in [5.41, 5.74) is 0.488. The number of anilines is 1. The molecule has 1 aliphatic heterocycles. The van der Waals surface area contributed by atoms with Crippen molar-refractivity contribution in [3.8, 4) is 0 Å². The molecule has 1 unspecified atom stereocenters. The Morgan fingerprint density at radius 2 is 2.33 bits per heavy atom. The van der Waals surface area contributed by atoms with Gasteiger partial charge in [-0.1, -0.05) is 0 Å². The lowest BCUT2D eigenvalue weighted by Crippen LogP contribution is -2.26. The first-order valence-electron chi connectivity index (χ1n) is 5.51. The maximum Gasteiger partial charge on any atom is 0.312 e. The molecular formula is C11H12ClN3O3. The summed E-state index contributed by atoms with van der Waals surface area (Å²) in [6.45, 7) is 2.12. The second-order valence-corrected chi connectivity index (χ2v) is 4.59. The maximum atomic E-state index is 11.8. The van der Waals surface area contributed by atoms with Crippen molar-refractivity contribution < 1.29 is 9.72 Å². The van der Waals surface area contributed by atoms with E-state index in [4.69, 9.17) is 11.6 Å². The minimum absolute atomic E-state index is 0.0288. The van der Waals surface area contributed by atoms with Gasteiger partial charge in [0, 0.05) is 30.6 Å². The largest absolute Gasteiger partial charge is 0.312 e. The number of hydrogen-bond donors (Lipinski definition) is 0. The first-order chi connectivity index (χ1) is 8.52. The highest BCUT2D eigenvalue weighted by atomic mass is 35.5. The first-order valence-corrected chi connectivity index (χ1v) is 6.04. The smallest absolute Gasteiger partial charge is 0.291 e. The number of pyridine rings is 1. The van der Waals surface area contributed by atoms with E-state index in [2.05, 4.69) is 4.98 Å². The summed E-state index contributed by atoms with van der Waals surface area (Å²) < 4.78 is 0. The van der Waals surface area contributed by atoms with Crippen LogP contribution in [-0.2, 0) is 4.79 Å². The molecule has 1 atom stereocenters. The molecule has 6 nitrogen and oxygen atoms in total. The van der Waals surface area contributed by atoms with Gasteiger partial charge in [-0.2, -0.15) is 0 Å². The Kier molecular flexibility index (Phi) is 3.47. The minimum atomic E-state index is -0.525. The van der Waals surface area contributed by atoms with E-state index in [1.807, 2.05) is 0 Å². The topological polar surface area (TPSA) is 76.3 Å². The van der Waals surface area contributed by atoms with Gasteiger partial charge in [-0.05, 0) is 18.9 Å². The van der Waals surface area contributed by atoms with Crippen molar-refractivity contribution in [3.05, 3.63) is 27.9 Å². The Labute approximate surface area is 109 Å². The van der Waals surface area contributed by atoms with E-state index in [1.54, 1.807) is 13.0 Å². The molecule has 0 radical (unpaired) electrons. The fourth-order valence-corrected chi connectivity index (χ4v) is 2.17. The third kappa shape index (κ3) is 2.28. The van der Waals surface area contributed by atoms with Gasteiger partial charge >= 0.3 is 5.69 Å². The fourth-order valence-electron chi connectivity index (χ4n) is 1.97. The number of nitro groups is 1. The Morgan fingerprint density at radius 3 is 2.89 bits per heavy atom. The van der Waals surface area contributed by atoms with Crippen molar-refractivity contribution >= 4 is 29.0 Å². The summed E-state index contributed by atoms with van der Waals surface area (Å²) in [4.78, 5) is 27.7. The molecule has 1 aromatic heterocycles. The van der Waals surface area contributed by atoms with Gasteiger partial charge in [-0.25, -0.2) is 4.98 Å². The Balaban J connectivity index is 2.41. The van der Waals surface area contributed by atoms with Crippen LogP contribution in [0.1, 0.15) is 12.1 Å². The van der Waals surface area contributed by atoms with Gasteiger partial charge in [-0.3, -0.25) is 19.8 Å². The van der Waals surface area contributed by atoms with Crippen molar-refractivity contribution in [1.82, 2.24) is 4.98 Å². The molecule has 1 saturated heterocycles. The van der Waals surface area contributed by atoms with Crippen LogP contribution in [0.4, 0.5) is 11.5 Å². The highest BCUT2D eigenvalue weighted by molar-refractivity contribution is 6.18. The summed E-state index contributed by atoms with van der Waals surface area (Å²) in [6.07, 6.45) is 0.316. The molecule has 2 heterocycles. The third-order valence-corrected chi connectivity index (χ3v) is 3.31. The summed E-state index contributed by atoms with van der Waals surface area (Å²) >= 11 is 5.73. The molecule has 0 aromatic carbocycles. The molecule has 2 rings (SSSR count). The predicted octanol–water partition coefficient (Wildman–Crippen LogP) is 1.89. The van der Waals surface area contributed by atoms with Crippen LogP contribution >= 0.6 is 11.6 Å². The van der Waals surface area contributed by atoms with Gasteiger partial charge in [0.1, 0.15) is 0 Å². The zero-order valence-corrected chi connectivity index (χ0v) is 10.6. The van der Waals surface area contributed by atoms with Gasteiger partial charge in [0.2, 0.25) is 11.7 Å². The van der Waals surface area contributed by atoms with Crippen LogP contribution in [0.25, 0.3) is 0 Å². The van der Waals surface area contributed by atoms with Crippen molar-refractivity contribution in [2.24, 2.45) is 5.92 Å². The van der Waals surface area contributed by atoms with E-state index in [9.17, 15) is 14.9 Å². The number of carbonyl (C=O) groups excluding carboxylic acids is 1. The predicted molar refractivity (Wildman–Crippen MR) is 66.8 cm³/mol. The molecule has 1 fully saturated rings. The molecule has 7 heteroatoms. The highest BCUT2D eigenvalue weighted by Gasteiger charge is 2.34. The second-order valence-electron chi connectivity index (χ2n) is 4.28. The Morgan fingerprint density at radius 1 is 1.61 bits per heavy atom. The number of halogens is 1. The van der Waals surface area contributed by atoms with Crippen molar-refractivity contribution in [2.75, 3.05) is 17.3 Å². The average molecular weight is 270 g/mol. The van der Waals surface area contributed by atoms with Gasteiger partial charge in [0.05, 0.1) is 4.92 Å². The monoisotopic (exact) mass is 269 g/mol. The number of hydrogen-bond acceptors (Lipinski definition) is 4. The zero-order valence-electron chi connectivity index (χ0n) is 9.80. The highest BCUT2D eigenvalue weighted by Crippen LogP contribution is 2.31. The van der Waals surface area contributed by atoms with Crippen LogP contribution in [0.2, 0.25) is 0 Å². The number of aryl methyl sites for hydroxylation is 1. The second kappa shape index (κ2) is 4.89. The Hall–Kier alpha value is -1.69. The van der Waals surface area contributed by atoms with Crippen LogP contribution in [-0.4, -0.2) is 28.2 Å². The molecule has 0 bridgehead atoms. The number of amides is 1. The molecule has 0 N–H and O–H groups in total. The molecule has 1 amide bonds. The number of rotatable bonds is 3. The van der Waals surface area contributed by atoms with E-state index >= 15 is 0 Å². The summed E-state index contributed by atoms with van der Waals surface area (Å²) in [5, 5.41) is 10.9. The zero-order chi connectivity index (χ0) is 13.3. The number of carbonyl (C=O) groups is 1. The van der Waals surface area contributed by atoms with Gasteiger partial charge < -0.3 is 0 Å². The maximum absolute atomic E-state index is 11.8. The molecule has 1 aromatic rings. The van der Waals surface area contributed by atoms with Crippen LogP contribution in [0.5, 0.6) is 0 Å². The summed E-state index contributed by atoms with van der Waals surface area (Å²) in [6, 6.07) is 2.93. The summed E-state index contributed by atoms with van der Waals surface area (Å²) in [5.74, 6) is 0.350. The van der Waals surface area contributed by atoms with E-state index in [0.717, 1.165) is 0 Å². The SMILES string of the molecule is Cc1ccc([N+](=O)[O-])c(N2CC(CCl)CC2=O)n1. The Bertz CT molecular complexity index is 506. The van der Waals surface area contributed by atoms with E-state index in [-0.39, 0.29) is 23.3 Å². The molecule has 0 spiro atoms. The standard InChI is InChI=1S/C11H12ClN3O3/c1-7-2-3-9(15(17)18)11(13-7)14-6-8(5-12)4-10(14)16/h2-3,8H,4-6H2,1H3. The lowest BCUT2D eigenvalue weighted by molar-refractivity contribution is -0.384. The van der Waals surface area contributed by atoms with Crippen molar-refractivity contribution in [2.45, 2.75) is 13.3 Å². The number of alkyl halides is 1. The average Bonchev–Trinajstić information content (AvgIpc) is 2.70. The first kappa shape index (κ1) is 12.8. The summed E-state index contributed by atoms with van der Waals surface area (Å²) in [7, 11) is 0. The molecule has 18 heavy (non-hydrogen) atoms. The van der Waals surface area contributed by atoms with Crippen LogP contribution in [0.15, 0.2) is 12.1 Å². The minimum Gasteiger partial charge on any atom is -0.291 e. The fraction of sp³-hybridized carbons (Fsp3) is 0.455.